The van der Waals surface area contributed by atoms with E-state index in [4.69, 9.17) is 5.73 Å². The minimum absolute atomic E-state index is 0.0145. The molecule has 3 heteroatoms. The standard InChI is InChI=1S/C10H12FNS/c11-9-3-1-2-7-8(9)6-13-5-4-10(7)12/h1-3,10H,4-6,12H2/t10-/m0/s1. The van der Waals surface area contributed by atoms with E-state index in [9.17, 15) is 4.39 Å². The summed E-state index contributed by atoms with van der Waals surface area (Å²) in [4.78, 5) is 0. The summed E-state index contributed by atoms with van der Waals surface area (Å²) in [5.41, 5.74) is 7.73. The van der Waals surface area contributed by atoms with Gasteiger partial charge in [-0.2, -0.15) is 11.8 Å². The van der Waals surface area contributed by atoms with E-state index in [0.29, 0.717) is 0 Å². The van der Waals surface area contributed by atoms with Crippen LogP contribution >= 0.6 is 11.8 Å². The molecule has 0 unspecified atom stereocenters. The highest BCUT2D eigenvalue weighted by Gasteiger charge is 2.17. The molecule has 0 saturated heterocycles. The summed E-state index contributed by atoms with van der Waals surface area (Å²) in [5, 5.41) is 0. The lowest BCUT2D eigenvalue weighted by molar-refractivity contribution is 0.606. The summed E-state index contributed by atoms with van der Waals surface area (Å²) in [6.07, 6.45) is 0.946. The molecule has 1 aromatic carbocycles. The van der Waals surface area contributed by atoms with Gasteiger partial charge in [0, 0.05) is 17.4 Å². The van der Waals surface area contributed by atoms with E-state index in [2.05, 4.69) is 0 Å². The molecular weight excluding hydrogens is 185 g/mol. The lowest BCUT2D eigenvalue weighted by Crippen LogP contribution is -2.11. The Hall–Kier alpha value is -0.540. The van der Waals surface area contributed by atoms with E-state index in [0.717, 1.165) is 29.1 Å². The second kappa shape index (κ2) is 3.68. The first-order chi connectivity index (χ1) is 6.29. The van der Waals surface area contributed by atoms with E-state index in [-0.39, 0.29) is 11.9 Å². The SMILES string of the molecule is N[C@H]1CCSCc2c(F)cccc21. The second-order valence-corrected chi connectivity index (χ2v) is 4.36. The molecule has 0 amide bonds. The van der Waals surface area contributed by atoms with E-state index in [1.807, 2.05) is 6.07 Å². The van der Waals surface area contributed by atoms with Crippen LogP contribution in [-0.4, -0.2) is 5.75 Å². The van der Waals surface area contributed by atoms with Gasteiger partial charge in [-0.05, 0) is 23.8 Å². The number of rotatable bonds is 0. The fourth-order valence-electron chi connectivity index (χ4n) is 1.62. The molecule has 0 aliphatic carbocycles. The number of fused-ring (bicyclic) bond motifs is 1. The zero-order chi connectivity index (χ0) is 9.26. The highest BCUT2D eigenvalue weighted by atomic mass is 32.2. The van der Waals surface area contributed by atoms with Gasteiger partial charge in [0.2, 0.25) is 0 Å². The maximum absolute atomic E-state index is 13.4. The molecule has 2 rings (SSSR count). The van der Waals surface area contributed by atoms with Crippen molar-refractivity contribution >= 4 is 11.8 Å². The van der Waals surface area contributed by atoms with Crippen LogP contribution in [0.1, 0.15) is 23.6 Å². The molecule has 70 valence electrons. The molecule has 1 nitrogen and oxygen atoms in total. The van der Waals surface area contributed by atoms with Crippen LogP contribution in [0.2, 0.25) is 0 Å². The van der Waals surface area contributed by atoms with Crippen molar-refractivity contribution in [3.8, 4) is 0 Å². The quantitative estimate of drug-likeness (QED) is 0.691. The number of hydrogen-bond donors (Lipinski definition) is 1. The molecule has 2 N–H and O–H groups in total. The van der Waals surface area contributed by atoms with Crippen LogP contribution in [-0.2, 0) is 5.75 Å². The van der Waals surface area contributed by atoms with Crippen LogP contribution in [0.4, 0.5) is 4.39 Å². The third-order valence-electron chi connectivity index (χ3n) is 2.37. The second-order valence-electron chi connectivity index (χ2n) is 3.26. The average molecular weight is 197 g/mol. The molecule has 0 bridgehead atoms. The molecule has 1 aromatic rings. The van der Waals surface area contributed by atoms with Crippen molar-refractivity contribution in [1.29, 1.82) is 0 Å². The zero-order valence-electron chi connectivity index (χ0n) is 7.29. The Bertz CT molecular complexity index is 314. The Morgan fingerprint density at radius 2 is 2.31 bits per heavy atom. The number of halogens is 1. The lowest BCUT2D eigenvalue weighted by Gasteiger charge is -2.11. The van der Waals surface area contributed by atoms with E-state index < -0.39 is 0 Å². The van der Waals surface area contributed by atoms with Crippen LogP contribution in [0.25, 0.3) is 0 Å². The monoisotopic (exact) mass is 197 g/mol. The van der Waals surface area contributed by atoms with Gasteiger partial charge in [0.25, 0.3) is 0 Å². The highest BCUT2D eigenvalue weighted by molar-refractivity contribution is 7.98. The van der Waals surface area contributed by atoms with Crippen molar-refractivity contribution < 1.29 is 4.39 Å². The predicted octanol–water partition coefficient (Wildman–Crippen LogP) is 2.46. The summed E-state index contributed by atoms with van der Waals surface area (Å²) in [6.45, 7) is 0. The first-order valence-corrected chi connectivity index (χ1v) is 5.55. The Morgan fingerprint density at radius 1 is 1.46 bits per heavy atom. The number of hydrogen-bond acceptors (Lipinski definition) is 2. The lowest BCUT2D eigenvalue weighted by atomic mass is 10.00. The predicted molar refractivity (Wildman–Crippen MR) is 54.1 cm³/mol. The molecule has 0 aromatic heterocycles. The van der Waals surface area contributed by atoms with Gasteiger partial charge in [0.15, 0.2) is 0 Å². The largest absolute Gasteiger partial charge is 0.324 e. The molecule has 0 fully saturated rings. The van der Waals surface area contributed by atoms with Crippen molar-refractivity contribution in [3.63, 3.8) is 0 Å². The van der Waals surface area contributed by atoms with E-state index in [1.54, 1.807) is 17.8 Å². The Balaban J connectivity index is 2.47. The molecule has 0 saturated carbocycles. The van der Waals surface area contributed by atoms with Gasteiger partial charge in [-0.3, -0.25) is 0 Å². The van der Waals surface area contributed by atoms with Crippen molar-refractivity contribution in [2.24, 2.45) is 5.73 Å². The topological polar surface area (TPSA) is 26.0 Å². The smallest absolute Gasteiger partial charge is 0.127 e. The Morgan fingerprint density at radius 3 is 3.15 bits per heavy atom. The van der Waals surface area contributed by atoms with Crippen LogP contribution in [0.15, 0.2) is 18.2 Å². The molecule has 13 heavy (non-hydrogen) atoms. The molecular formula is C10H12FNS. The molecule has 1 aliphatic heterocycles. The molecule has 0 radical (unpaired) electrons. The third-order valence-corrected chi connectivity index (χ3v) is 3.39. The summed E-state index contributed by atoms with van der Waals surface area (Å²) in [7, 11) is 0. The van der Waals surface area contributed by atoms with E-state index >= 15 is 0 Å². The molecule has 1 aliphatic rings. The van der Waals surface area contributed by atoms with Crippen molar-refractivity contribution in [1.82, 2.24) is 0 Å². The number of benzene rings is 1. The fraction of sp³-hybridized carbons (Fsp3) is 0.400. The highest BCUT2D eigenvalue weighted by Crippen LogP contribution is 2.30. The summed E-state index contributed by atoms with van der Waals surface area (Å²) >= 11 is 1.76. The van der Waals surface area contributed by atoms with Gasteiger partial charge in [-0.1, -0.05) is 12.1 Å². The summed E-state index contributed by atoms with van der Waals surface area (Å²) in [6, 6.07) is 5.21. The third kappa shape index (κ3) is 1.71. The first kappa shape index (κ1) is 9.03. The maximum Gasteiger partial charge on any atom is 0.127 e. The van der Waals surface area contributed by atoms with Gasteiger partial charge >= 0.3 is 0 Å². The fourth-order valence-corrected chi connectivity index (χ4v) is 2.69. The Labute approximate surface area is 81.5 Å². The average Bonchev–Trinajstić information content (AvgIpc) is 2.30. The minimum atomic E-state index is -0.109. The van der Waals surface area contributed by atoms with Crippen molar-refractivity contribution in [2.45, 2.75) is 18.2 Å². The summed E-state index contributed by atoms with van der Waals surface area (Å²) in [5.74, 6) is 1.67. The molecule has 1 atom stereocenters. The number of nitrogens with two attached hydrogens (primary N) is 1. The number of thioether (sulfide) groups is 1. The van der Waals surface area contributed by atoms with Crippen LogP contribution in [0.3, 0.4) is 0 Å². The van der Waals surface area contributed by atoms with Crippen LogP contribution in [0, 0.1) is 5.82 Å². The minimum Gasteiger partial charge on any atom is -0.324 e. The van der Waals surface area contributed by atoms with Gasteiger partial charge in [0.05, 0.1) is 0 Å². The van der Waals surface area contributed by atoms with Gasteiger partial charge in [-0.25, -0.2) is 4.39 Å². The molecule has 1 heterocycles. The van der Waals surface area contributed by atoms with Crippen LogP contribution in [0.5, 0.6) is 0 Å². The van der Waals surface area contributed by atoms with Gasteiger partial charge < -0.3 is 5.73 Å². The van der Waals surface area contributed by atoms with Crippen molar-refractivity contribution in [2.75, 3.05) is 5.75 Å². The van der Waals surface area contributed by atoms with E-state index in [1.165, 1.54) is 6.07 Å². The van der Waals surface area contributed by atoms with Gasteiger partial charge in [0.1, 0.15) is 5.82 Å². The van der Waals surface area contributed by atoms with Crippen molar-refractivity contribution in [3.05, 3.63) is 35.1 Å². The van der Waals surface area contributed by atoms with Gasteiger partial charge in [-0.15, -0.1) is 0 Å². The Kier molecular flexibility index (Phi) is 2.56. The normalized spacial score (nSPS) is 22.2. The molecule has 0 spiro atoms. The first-order valence-electron chi connectivity index (χ1n) is 4.39. The summed E-state index contributed by atoms with van der Waals surface area (Å²) < 4.78 is 13.4. The zero-order valence-corrected chi connectivity index (χ0v) is 8.11. The maximum atomic E-state index is 13.4. The van der Waals surface area contributed by atoms with Crippen LogP contribution < -0.4 is 5.73 Å².